The lowest BCUT2D eigenvalue weighted by Crippen LogP contribution is -2.29. The van der Waals surface area contributed by atoms with Crippen LogP contribution in [-0.2, 0) is 0 Å². The molecule has 0 fully saturated rings. The number of amides is 1. The molecule has 0 aliphatic rings. The van der Waals surface area contributed by atoms with Crippen LogP contribution in [0.3, 0.4) is 0 Å². The van der Waals surface area contributed by atoms with Gasteiger partial charge >= 0.3 is 0 Å². The van der Waals surface area contributed by atoms with Crippen molar-refractivity contribution in [2.24, 2.45) is 0 Å². The minimum absolute atomic E-state index is 0.251. The molecular formula is C21H17N3O3S. The summed E-state index contributed by atoms with van der Waals surface area (Å²) in [5, 5.41) is 16.9. The minimum Gasteiger partial charge on any atom is -0.501 e. The molecule has 0 spiro atoms. The SMILES string of the molecule is CC(NC(=O)c1nc(-c2cccs2)[nH]c(=O)c1O)c1ccc2ccccc2c1. The summed E-state index contributed by atoms with van der Waals surface area (Å²) >= 11 is 1.38. The number of hydrogen-bond acceptors (Lipinski definition) is 5. The van der Waals surface area contributed by atoms with E-state index in [1.54, 1.807) is 6.07 Å². The Morgan fingerprint density at radius 2 is 1.93 bits per heavy atom. The van der Waals surface area contributed by atoms with Gasteiger partial charge in [-0.2, -0.15) is 0 Å². The zero-order chi connectivity index (χ0) is 19.7. The van der Waals surface area contributed by atoms with Crippen molar-refractivity contribution in [3.05, 3.63) is 81.6 Å². The van der Waals surface area contributed by atoms with E-state index in [0.717, 1.165) is 16.3 Å². The molecule has 6 nitrogen and oxygen atoms in total. The summed E-state index contributed by atoms with van der Waals surface area (Å²) in [4.78, 5) is 32.1. The van der Waals surface area contributed by atoms with Crippen molar-refractivity contribution in [1.82, 2.24) is 15.3 Å². The maximum Gasteiger partial charge on any atom is 0.294 e. The second-order valence-electron chi connectivity index (χ2n) is 6.39. The van der Waals surface area contributed by atoms with Crippen LogP contribution in [0.25, 0.3) is 21.5 Å². The fourth-order valence-electron chi connectivity index (χ4n) is 2.98. The first-order chi connectivity index (χ1) is 13.5. The standard InChI is InChI=1S/C21H17N3O3S/c1-12(14-9-8-13-5-2-3-6-15(13)11-14)22-20(26)17-18(25)21(27)24-19(23-17)16-7-4-10-28-16/h2-12,25H,1H3,(H,22,26)(H,23,24,27). The number of aromatic amines is 1. The number of nitrogens with zero attached hydrogens (tertiary/aromatic N) is 1. The number of H-pyrrole nitrogens is 1. The highest BCUT2D eigenvalue weighted by molar-refractivity contribution is 7.13. The van der Waals surface area contributed by atoms with E-state index < -0.39 is 17.2 Å². The van der Waals surface area contributed by atoms with E-state index >= 15 is 0 Å². The van der Waals surface area contributed by atoms with Crippen molar-refractivity contribution >= 4 is 28.0 Å². The van der Waals surface area contributed by atoms with Gasteiger partial charge in [0.05, 0.1) is 10.9 Å². The third kappa shape index (κ3) is 3.39. The molecule has 0 aliphatic carbocycles. The second-order valence-corrected chi connectivity index (χ2v) is 7.34. The van der Waals surface area contributed by atoms with Gasteiger partial charge in [-0.25, -0.2) is 4.98 Å². The molecule has 28 heavy (non-hydrogen) atoms. The molecule has 1 amide bonds. The molecule has 1 atom stereocenters. The Balaban J connectivity index is 1.63. The molecule has 4 rings (SSSR count). The number of thiophene rings is 1. The van der Waals surface area contributed by atoms with Crippen LogP contribution in [-0.4, -0.2) is 21.0 Å². The van der Waals surface area contributed by atoms with Crippen molar-refractivity contribution in [2.75, 3.05) is 0 Å². The van der Waals surface area contributed by atoms with Gasteiger partial charge in [0.2, 0.25) is 5.75 Å². The summed E-state index contributed by atoms with van der Waals surface area (Å²) in [5.41, 5.74) is -0.128. The lowest BCUT2D eigenvalue weighted by atomic mass is 10.0. The quantitative estimate of drug-likeness (QED) is 0.492. The van der Waals surface area contributed by atoms with Crippen LogP contribution >= 0.6 is 11.3 Å². The molecule has 7 heteroatoms. The van der Waals surface area contributed by atoms with E-state index in [2.05, 4.69) is 15.3 Å². The van der Waals surface area contributed by atoms with Crippen molar-refractivity contribution in [3.63, 3.8) is 0 Å². The zero-order valence-corrected chi connectivity index (χ0v) is 15.8. The Labute approximate surface area is 164 Å². The van der Waals surface area contributed by atoms with Crippen LogP contribution in [0.1, 0.15) is 29.0 Å². The fraction of sp³-hybridized carbons (Fsp3) is 0.0952. The lowest BCUT2D eigenvalue weighted by molar-refractivity contribution is 0.0931. The minimum atomic E-state index is -0.748. The van der Waals surface area contributed by atoms with Crippen molar-refractivity contribution in [2.45, 2.75) is 13.0 Å². The number of carbonyl (C=O) groups excluding carboxylic acids is 1. The fourth-order valence-corrected chi connectivity index (χ4v) is 3.65. The molecule has 0 aliphatic heterocycles. The van der Waals surface area contributed by atoms with E-state index in [1.807, 2.05) is 60.8 Å². The van der Waals surface area contributed by atoms with Gasteiger partial charge in [-0.3, -0.25) is 9.59 Å². The molecule has 4 aromatic rings. The summed E-state index contributed by atoms with van der Waals surface area (Å²) in [7, 11) is 0. The van der Waals surface area contributed by atoms with E-state index in [4.69, 9.17) is 0 Å². The van der Waals surface area contributed by atoms with Crippen molar-refractivity contribution in [1.29, 1.82) is 0 Å². The molecule has 140 valence electrons. The number of hydrogen-bond donors (Lipinski definition) is 3. The van der Waals surface area contributed by atoms with E-state index in [-0.39, 0.29) is 17.6 Å². The van der Waals surface area contributed by atoms with Crippen LogP contribution in [0.5, 0.6) is 5.75 Å². The molecule has 0 radical (unpaired) electrons. The van der Waals surface area contributed by atoms with Crippen LogP contribution in [0.4, 0.5) is 0 Å². The first-order valence-corrected chi connectivity index (χ1v) is 9.57. The molecular weight excluding hydrogens is 374 g/mol. The highest BCUT2D eigenvalue weighted by Crippen LogP contribution is 2.23. The summed E-state index contributed by atoms with van der Waals surface area (Å²) in [6, 6.07) is 17.1. The molecule has 2 heterocycles. The second kappa shape index (κ2) is 7.28. The zero-order valence-electron chi connectivity index (χ0n) is 15.0. The summed E-state index contributed by atoms with van der Waals surface area (Å²) < 4.78 is 0. The number of rotatable bonds is 4. The van der Waals surface area contributed by atoms with Crippen LogP contribution in [0, 0.1) is 0 Å². The third-order valence-electron chi connectivity index (χ3n) is 4.49. The summed E-state index contributed by atoms with van der Waals surface area (Å²) in [6.07, 6.45) is 0. The van der Waals surface area contributed by atoms with Crippen molar-refractivity contribution in [3.8, 4) is 16.5 Å². The average Bonchev–Trinajstić information content (AvgIpc) is 3.24. The van der Waals surface area contributed by atoms with Gasteiger partial charge in [0, 0.05) is 0 Å². The number of benzene rings is 2. The van der Waals surface area contributed by atoms with Gasteiger partial charge < -0.3 is 15.4 Å². The van der Waals surface area contributed by atoms with Gasteiger partial charge in [-0.05, 0) is 40.8 Å². The molecule has 0 saturated carbocycles. The summed E-state index contributed by atoms with van der Waals surface area (Å²) in [5.74, 6) is -1.05. The Bertz CT molecular complexity index is 1220. The smallest absolute Gasteiger partial charge is 0.294 e. The molecule has 1 unspecified atom stereocenters. The first kappa shape index (κ1) is 17.9. The molecule has 0 bridgehead atoms. The van der Waals surface area contributed by atoms with Gasteiger partial charge in [0.15, 0.2) is 11.5 Å². The van der Waals surface area contributed by atoms with Crippen LogP contribution < -0.4 is 10.9 Å². The lowest BCUT2D eigenvalue weighted by Gasteiger charge is -2.15. The van der Waals surface area contributed by atoms with Gasteiger partial charge in [0.25, 0.3) is 11.5 Å². The average molecular weight is 391 g/mol. The number of fused-ring (bicyclic) bond motifs is 1. The predicted molar refractivity (Wildman–Crippen MR) is 110 cm³/mol. The third-order valence-corrected chi connectivity index (χ3v) is 5.36. The molecule has 3 N–H and O–H groups in total. The van der Waals surface area contributed by atoms with Crippen LogP contribution in [0.2, 0.25) is 0 Å². The normalized spacial score (nSPS) is 12.0. The largest absolute Gasteiger partial charge is 0.501 e. The maximum atomic E-state index is 12.7. The van der Waals surface area contributed by atoms with E-state index in [9.17, 15) is 14.7 Å². The van der Waals surface area contributed by atoms with E-state index in [1.165, 1.54) is 11.3 Å². The summed E-state index contributed by atoms with van der Waals surface area (Å²) in [6.45, 7) is 1.84. The Kier molecular flexibility index (Phi) is 4.67. The topological polar surface area (TPSA) is 95.1 Å². The monoisotopic (exact) mass is 391 g/mol. The molecule has 0 saturated heterocycles. The number of aromatic nitrogens is 2. The van der Waals surface area contributed by atoms with E-state index in [0.29, 0.717) is 4.88 Å². The Hall–Kier alpha value is -3.45. The van der Waals surface area contributed by atoms with Crippen molar-refractivity contribution < 1.29 is 9.90 Å². The van der Waals surface area contributed by atoms with Gasteiger partial charge in [0.1, 0.15) is 0 Å². The number of aromatic hydroxyl groups is 1. The van der Waals surface area contributed by atoms with Crippen LogP contribution in [0.15, 0.2) is 64.8 Å². The van der Waals surface area contributed by atoms with Gasteiger partial charge in [-0.1, -0.05) is 42.5 Å². The number of carbonyl (C=O) groups is 1. The first-order valence-electron chi connectivity index (χ1n) is 8.69. The maximum absolute atomic E-state index is 12.7. The number of nitrogens with one attached hydrogen (secondary N) is 2. The predicted octanol–water partition coefficient (Wildman–Crippen LogP) is 3.85. The highest BCUT2D eigenvalue weighted by Gasteiger charge is 2.21. The van der Waals surface area contributed by atoms with Gasteiger partial charge in [-0.15, -0.1) is 11.3 Å². The molecule has 2 aromatic carbocycles. The Morgan fingerprint density at radius 3 is 2.68 bits per heavy atom. The molecule has 2 aromatic heterocycles. The highest BCUT2D eigenvalue weighted by atomic mass is 32.1. The Morgan fingerprint density at radius 1 is 1.14 bits per heavy atom.